The molecule has 0 radical (unpaired) electrons. The zero-order chi connectivity index (χ0) is 26.6. The van der Waals surface area contributed by atoms with Gasteiger partial charge in [0.05, 0.1) is 30.4 Å². The summed E-state index contributed by atoms with van der Waals surface area (Å²) in [6.45, 7) is 0. The molecule has 3 bridgehead atoms. The van der Waals surface area contributed by atoms with Crippen molar-refractivity contribution in [2.75, 3.05) is 0 Å². The van der Waals surface area contributed by atoms with Gasteiger partial charge in [-0.25, -0.2) is 9.37 Å². The van der Waals surface area contributed by atoms with Crippen LogP contribution in [0.25, 0.3) is 11.3 Å². The molecule has 202 valence electrons. The summed E-state index contributed by atoms with van der Waals surface area (Å²) in [6.07, 6.45) is 9.61. The summed E-state index contributed by atoms with van der Waals surface area (Å²) in [7, 11) is 0. The molecular formula is C35H33FN2O2. The van der Waals surface area contributed by atoms with Gasteiger partial charge in [0, 0.05) is 11.1 Å². The Morgan fingerprint density at radius 2 is 1.82 bits per heavy atom. The van der Waals surface area contributed by atoms with E-state index in [0.29, 0.717) is 35.5 Å². The fourth-order valence-corrected chi connectivity index (χ4v) is 10.5. The molecule has 40 heavy (non-hydrogen) atoms. The van der Waals surface area contributed by atoms with Gasteiger partial charge in [-0.05, 0) is 109 Å². The standard InChI is InChI=1S/C35H33FN2O2/c36-28-11-5-10-25-30-18-37-20-38(30)29(33(25)28)14-31(39)34-15-21-12-26-32(27(17-34)35(26,16-21)19-34)22-6-4-9-24(13-22)40-23-7-2-1-3-8-23/h1-11,13,18,20-21,26-27,29,31-32,39H,12,14-17,19H2. The highest BCUT2D eigenvalue weighted by Crippen LogP contribution is 2.83. The number of aliphatic hydroxyl groups is 1. The van der Waals surface area contributed by atoms with Gasteiger partial charge in [-0.2, -0.15) is 0 Å². The minimum Gasteiger partial charge on any atom is -0.457 e. The lowest BCUT2D eigenvalue weighted by atomic mass is 9.48. The van der Waals surface area contributed by atoms with Gasteiger partial charge < -0.3 is 14.4 Å². The van der Waals surface area contributed by atoms with Crippen LogP contribution in [0.5, 0.6) is 11.5 Å². The third-order valence-electron chi connectivity index (χ3n) is 11.6. The highest BCUT2D eigenvalue weighted by atomic mass is 19.1. The van der Waals surface area contributed by atoms with Crippen molar-refractivity contribution in [2.45, 2.75) is 56.6 Å². The second-order valence-corrected chi connectivity index (χ2v) is 13.4. The predicted molar refractivity (Wildman–Crippen MR) is 151 cm³/mol. The summed E-state index contributed by atoms with van der Waals surface area (Å²) in [5, 5.41) is 12.1. The molecule has 0 saturated heterocycles. The van der Waals surface area contributed by atoms with Crippen LogP contribution in [0, 0.1) is 34.4 Å². The summed E-state index contributed by atoms with van der Waals surface area (Å²) in [4.78, 5) is 4.37. The molecule has 5 heteroatoms. The number of aliphatic hydroxyl groups excluding tert-OH is 1. The molecule has 1 N–H and O–H groups in total. The second kappa shape index (κ2) is 8.07. The number of ether oxygens (including phenoxy) is 1. The number of benzene rings is 3. The molecule has 2 heterocycles. The molecule has 1 aromatic heterocycles. The molecule has 5 aliphatic rings. The molecule has 9 rings (SSSR count). The summed E-state index contributed by atoms with van der Waals surface area (Å²) < 4.78 is 23.4. The van der Waals surface area contributed by atoms with E-state index >= 15 is 4.39 Å². The Morgan fingerprint density at radius 1 is 0.975 bits per heavy atom. The number of fused-ring (bicyclic) bond motifs is 5. The van der Waals surface area contributed by atoms with Gasteiger partial charge in [0.15, 0.2) is 0 Å². The van der Waals surface area contributed by atoms with Gasteiger partial charge in [0.1, 0.15) is 17.3 Å². The fraction of sp³-hybridized carbons (Fsp3) is 0.400. The molecule has 3 aromatic carbocycles. The second-order valence-electron chi connectivity index (χ2n) is 13.4. The van der Waals surface area contributed by atoms with Crippen LogP contribution in [-0.4, -0.2) is 20.8 Å². The maximum absolute atomic E-state index is 15.1. The monoisotopic (exact) mass is 532 g/mol. The quantitative estimate of drug-likeness (QED) is 0.276. The van der Waals surface area contributed by atoms with E-state index in [0.717, 1.165) is 47.6 Å². The molecule has 8 unspecified atom stereocenters. The van der Waals surface area contributed by atoms with E-state index in [-0.39, 0.29) is 17.3 Å². The van der Waals surface area contributed by atoms with Gasteiger partial charge in [-0.3, -0.25) is 0 Å². The molecule has 4 nitrogen and oxygen atoms in total. The molecule has 4 fully saturated rings. The summed E-state index contributed by atoms with van der Waals surface area (Å²) in [5.74, 6) is 4.09. The lowest BCUT2D eigenvalue weighted by molar-refractivity contribution is -0.0454. The Bertz CT molecular complexity index is 1630. The van der Waals surface area contributed by atoms with E-state index < -0.39 is 6.10 Å². The van der Waals surface area contributed by atoms with Crippen molar-refractivity contribution in [3.63, 3.8) is 0 Å². The lowest BCUT2D eigenvalue weighted by Gasteiger charge is -2.56. The summed E-state index contributed by atoms with van der Waals surface area (Å²) in [5.41, 5.74) is 4.27. The van der Waals surface area contributed by atoms with Crippen LogP contribution in [0.1, 0.15) is 61.6 Å². The first-order valence-corrected chi connectivity index (χ1v) is 14.9. The van der Waals surface area contributed by atoms with Crippen LogP contribution in [-0.2, 0) is 0 Å². The van der Waals surface area contributed by atoms with Gasteiger partial charge in [0.25, 0.3) is 0 Å². The van der Waals surface area contributed by atoms with Crippen LogP contribution >= 0.6 is 0 Å². The number of aromatic nitrogens is 2. The maximum Gasteiger partial charge on any atom is 0.129 e. The number of hydrogen-bond acceptors (Lipinski definition) is 3. The van der Waals surface area contributed by atoms with Gasteiger partial charge in [-0.15, -0.1) is 0 Å². The zero-order valence-electron chi connectivity index (χ0n) is 22.4. The van der Waals surface area contributed by atoms with Crippen molar-refractivity contribution in [2.24, 2.45) is 28.6 Å². The lowest BCUT2D eigenvalue weighted by Crippen LogP contribution is -2.49. The van der Waals surface area contributed by atoms with Crippen molar-refractivity contribution in [3.05, 3.63) is 102 Å². The van der Waals surface area contributed by atoms with E-state index in [1.807, 2.05) is 48.9 Å². The molecule has 8 atom stereocenters. The predicted octanol–water partition coefficient (Wildman–Crippen LogP) is 7.75. The first-order chi connectivity index (χ1) is 19.5. The van der Waals surface area contributed by atoms with Crippen LogP contribution in [0.15, 0.2) is 85.3 Å². The smallest absolute Gasteiger partial charge is 0.129 e. The molecule has 1 aliphatic heterocycles. The average molecular weight is 533 g/mol. The first-order valence-electron chi connectivity index (χ1n) is 14.9. The van der Waals surface area contributed by atoms with E-state index in [1.54, 1.807) is 12.1 Å². The van der Waals surface area contributed by atoms with Crippen LogP contribution in [0.2, 0.25) is 0 Å². The Balaban J connectivity index is 1.01. The Labute approximate surface area is 233 Å². The largest absolute Gasteiger partial charge is 0.457 e. The number of nitrogens with zero attached hydrogens (tertiary/aromatic N) is 2. The van der Waals surface area contributed by atoms with Crippen LogP contribution in [0.3, 0.4) is 0 Å². The van der Waals surface area contributed by atoms with E-state index in [9.17, 15) is 5.11 Å². The van der Waals surface area contributed by atoms with Crippen molar-refractivity contribution in [1.82, 2.24) is 9.55 Å². The van der Waals surface area contributed by atoms with Crippen LogP contribution in [0.4, 0.5) is 4.39 Å². The molecular weight excluding hydrogens is 499 g/mol. The number of hydrogen-bond donors (Lipinski definition) is 1. The van der Waals surface area contributed by atoms with E-state index in [1.165, 1.54) is 18.4 Å². The first kappa shape index (κ1) is 23.3. The van der Waals surface area contributed by atoms with E-state index in [2.05, 4.69) is 33.8 Å². The molecule has 1 spiro atoms. The summed E-state index contributed by atoms with van der Waals surface area (Å²) >= 11 is 0. The Morgan fingerprint density at radius 3 is 2.73 bits per heavy atom. The number of halogens is 1. The number of imidazole rings is 1. The molecule has 4 saturated carbocycles. The van der Waals surface area contributed by atoms with Crippen molar-refractivity contribution < 1.29 is 14.2 Å². The van der Waals surface area contributed by atoms with Gasteiger partial charge in [0.2, 0.25) is 0 Å². The van der Waals surface area contributed by atoms with Gasteiger partial charge >= 0.3 is 0 Å². The highest BCUT2D eigenvalue weighted by Gasteiger charge is 2.75. The third kappa shape index (κ3) is 3.02. The van der Waals surface area contributed by atoms with Gasteiger partial charge in [-0.1, -0.05) is 42.5 Å². The minimum atomic E-state index is -0.462. The SMILES string of the molecule is OC(CC1c2c(F)cccc2-c2cncn21)C12CC3CC4C(c5cccc(Oc6ccccc6)c5)C(C1)C4(C3)C2. The molecule has 0 amide bonds. The van der Waals surface area contributed by atoms with Crippen molar-refractivity contribution >= 4 is 0 Å². The van der Waals surface area contributed by atoms with Crippen molar-refractivity contribution in [3.8, 4) is 22.8 Å². The van der Waals surface area contributed by atoms with Crippen molar-refractivity contribution in [1.29, 1.82) is 0 Å². The van der Waals surface area contributed by atoms with Crippen LogP contribution < -0.4 is 4.74 Å². The maximum atomic E-state index is 15.1. The topological polar surface area (TPSA) is 47.3 Å². The minimum absolute atomic E-state index is 0.0794. The Kier molecular flexibility index (Phi) is 4.70. The summed E-state index contributed by atoms with van der Waals surface area (Å²) in [6, 6.07) is 23.8. The third-order valence-corrected chi connectivity index (χ3v) is 11.6. The average Bonchev–Trinajstić information content (AvgIpc) is 3.65. The zero-order valence-corrected chi connectivity index (χ0v) is 22.4. The fourth-order valence-electron chi connectivity index (χ4n) is 10.5. The normalized spacial score (nSPS) is 34.7. The number of para-hydroxylation sites is 1. The highest BCUT2D eigenvalue weighted by molar-refractivity contribution is 5.69. The Hall–Kier alpha value is -3.44. The number of rotatable bonds is 6. The molecule has 4 aromatic rings. The van der Waals surface area contributed by atoms with E-state index in [4.69, 9.17) is 4.74 Å². The molecule has 4 aliphatic carbocycles.